The molecule has 14 heavy (non-hydrogen) atoms. The van der Waals surface area contributed by atoms with Gasteiger partial charge in [-0.2, -0.15) is 0 Å². The molecule has 3 heteroatoms. The maximum atomic E-state index is 5.62. The highest BCUT2D eigenvalue weighted by Crippen LogP contribution is 2.05. The molecule has 0 aromatic heterocycles. The first-order valence-electron chi connectivity index (χ1n) is 5.79. The van der Waals surface area contributed by atoms with Gasteiger partial charge in [0.25, 0.3) is 0 Å². The quantitative estimate of drug-likeness (QED) is 0.503. The molecule has 0 bridgehead atoms. The van der Waals surface area contributed by atoms with E-state index in [1.807, 2.05) is 0 Å². The monoisotopic (exact) mass is 219 g/mol. The summed E-state index contributed by atoms with van der Waals surface area (Å²) in [5, 5.41) is 0. The van der Waals surface area contributed by atoms with E-state index in [0.717, 1.165) is 25.6 Å². The summed E-state index contributed by atoms with van der Waals surface area (Å²) in [5.74, 6) is 0.817. The van der Waals surface area contributed by atoms with E-state index in [1.54, 1.807) is 0 Å². The van der Waals surface area contributed by atoms with E-state index in [2.05, 4.69) is 4.90 Å². The predicted octanol–water partition coefficient (Wildman–Crippen LogP) is 2.51. The molecule has 0 atom stereocenters. The third-order valence-corrected chi connectivity index (χ3v) is 2.94. The summed E-state index contributed by atoms with van der Waals surface area (Å²) in [4.78, 5) is 2.52. The summed E-state index contributed by atoms with van der Waals surface area (Å²) < 4.78 is 5.41. The van der Waals surface area contributed by atoms with Gasteiger partial charge in [-0.1, -0.05) is 12.8 Å². The van der Waals surface area contributed by atoms with Gasteiger partial charge in [0.2, 0.25) is 0 Å². The third kappa shape index (κ3) is 5.84. The van der Waals surface area contributed by atoms with E-state index in [0.29, 0.717) is 0 Å². The first-order valence-corrected chi connectivity index (χ1v) is 6.33. The molecule has 0 aromatic carbocycles. The largest absolute Gasteiger partial charge is 0.380 e. The minimum Gasteiger partial charge on any atom is -0.380 e. The number of unbranched alkanes of at least 4 members (excludes halogenated alkanes) is 3. The Bertz CT molecular complexity index is 124. The van der Waals surface area contributed by atoms with Crippen molar-refractivity contribution in [2.24, 2.45) is 0 Å². The normalized spacial score (nSPS) is 19.5. The van der Waals surface area contributed by atoms with Crippen molar-refractivity contribution in [1.82, 2.24) is 4.90 Å². The summed E-state index contributed by atoms with van der Waals surface area (Å²) >= 11 is 5.62. The summed E-state index contributed by atoms with van der Waals surface area (Å²) in [6, 6.07) is 0. The maximum Gasteiger partial charge on any atom is 0.0593 e. The molecule has 84 valence electrons. The topological polar surface area (TPSA) is 12.5 Å². The smallest absolute Gasteiger partial charge is 0.0593 e. The zero-order valence-corrected chi connectivity index (χ0v) is 9.77. The number of ether oxygens (including phenoxy) is 1. The summed E-state index contributed by atoms with van der Waals surface area (Å²) in [7, 11) is 0. The Morgan fingerprint density at radius 3 is 2.71 bits per heavy atom. The van der Waals surface area contributed by atoms with Gasteiger partial charge in [-0.15, -0.1) is 11.6 Å². The van der Waals surface area contributed by atoms with E-state index < -0.39 is 0 Å². The van der Waals surface area contributed by atoms with Crippen LogP contribution in [0.25, 0.3) is 0 Å². The Kier molecular flexibility index (Phi) is 7.47. The van der Waals surface area contributed by atoms with Crippen molar-refractivity contribution in [2.75, 3.05) is 38.7 Å². The SMILES string of the molecule is ClCCCCCCN1CCCOCC1. The van der Waals surface area contributed by atoms with Gasteiger partial charge >= 0.3 is 0 Å². The number of halogens is 1. The molecular weight excluding hydrogens is 198 g/mol. The van der Waals surface area contributed by atoms with Crippen molar-refractivity contribution in [1.29, 1.82) is 0 Å². The van der Waals surface area contributed by atoms with Gasteiger partial charge in [0.15, 0.2) is 0 Å². The molecule has 0 amide bonds. The molecule has 0 aliphatic carbocycles. The van der Waals surface area contributed by atoms with E-state index in [9.17, 15) is 0 Å². The van der Waals surface area contributed by atoms with Crippen molar-refractivity contribution in [3.05, 3.63) is 0 Å². The zero-order chi connectivity index (χ0) is 10.1. The van der Waals surface area contributed by atoms with Gasteiger partial charge < -0.3 is 9.64 Å². The zero-order valence-electron chi connectivity index (χ0n) is 9.01. The highest BCUT2D eigenvalue weighted by molar-refractivity contribution is 6.17. The van der Waals surface area contributed by atoms with Crippen LogP contribution in [0.4, 0.5) is 0 Å². The fraction of sp³-hybridized carbons (Fsp3) is 1.00. The van der Waals surface area contributed by atoms with Gasteiger partial charge in [-0.3, -0.25) is 0 Å². The van der Waals surface area contributed by atoms with Crippen LogP contribution >= 0.6 is 11.6 Å². The van der Waals surface area contributed by atoms with Gasteiger partial charge in [-0.05, 0) is 25.8 Å². The molecule has 0 spiro atoms. The van der Waals surface area contributed by atoms with Gasteiger partial charge in [0.05, 0.1) is 6.61 Å². The minimum absolute atomic E-state index is 0.817. The van der Waals surface area contributed by atoms with E-state index >= 15 is 0 Å². The highest BCUT2D eigenvalue weighted by Gasteiger charge is 2.07. The minimum atomic E-state index is 0.817. The molecule has 2 nitrogen and oxygen atoms in total. The number of hydrogen-bond acceptors (Lipinski definition) is 2. The van der Waals surface area contributed by atoms with Crippen molar-refractivity contribution < 1.29 is 4.74 Å². The van der Waals surface area contributed by atoms with Crippen LogP contribution in [0.1, 0.15) is 32.1 Å². The summed E-state index contributed by atoms with van der Waals surface area (Å²) in [6.45, 7) is 5.45. The molecule has 1 saturated heterocycles. The number of hydrogen-bond donors (Lipinski definition) is 0. The van der Waals surface area contributed by atoms with E-state index in [1.165, 1.54) is 45.2 Å². The van der Waals surface area contributed by atoms with Crippen molar-refractivity contribution >= 4 is 11.6 Å². The van der Waals surface area contributed by atoms with Crippen LogP contribution in [0, 0.1) is 0 Å². The lowest BCUT2D eigenvalue weighted by Crippen LogP contribution is -2.27. The molecule has 1 aliphatic rings. The van der Waals surface area contributed by atoms with E-state index in [-0.39, 0.29) is 0 Å². The number of alkyl halides is 1. The average molecular weight is 220 g/mol. The molecule has 1 aliphatic heterocycles. The molecule has 0 saturated carbocycles. The average Bonchev–Trinajstić information content (AvgIpc) is 2.46. The molecule has 0 aromatic rings. The molecule has 1 fully saturated rings. The second kappa shape index (κ2) is 8.51. The Balaban J connectivity index is 1.93. The predicted molar refractivity (Wildman–Crippen MR) is 61.1 cm³/mol. The fourth-order valence-electron chi connectivity index (χ4n) is 1.80. The van der Waals surface area contributed by atoms with Crippen LogP contribution in [-0.4, -0.2) is 43.6 Å². The van der Waals surface area contributed by atoms with Gasteiger partial charge in [0.1, 0.15) is 0 Å². The van der Waals surface area contributed by atoms with Crippen LogP contribution in [0.5, 0.6) is 0 Å². The highest BCUT2D eigenvalue weighted by atomic mass is 35.5. The number of nitrogens with zero attached hydrogens (tertiary/aromatic N) is 1. The van der Waals surface area contributed by atoms with Gasteiger partial charge in [0, 0.05) is 25.6 Å². The second-order valence-corrected chi connectivity index (χ2v) is 4.29. The lowest BCUT2D eigenvalue weighted by molar-refractivity contribution is 0.141. The fourth-order valence-corrected chi connectivity index (χ4v) is 1.99. The lowest BCUT2D eigenvalue weighted by atomic mass is 10.2. The standard InChI is InChI=1S/C11H22ClNO/c12-6-3-1-2-4-7-13-8-5-10-14-11-9-13/h1-11H2. The first kappa shape index (κ1) is 12.3. The Morgan fingerprint density at radius 1 is 1.00 bits per heavy atom. The van der Waals surface area contributed by atoms with Crippen molar-refractivity contribution in [3.63, 3.8) is 0 Å². The van der Waals surface area contributed by atoms with Crippen molar-refractivity contribution in [2.45, 2.75) is 32.1 Å². The van der Waals surface area contributed by atoms with Crippen LogP contribution in [0.15, 0.2) is 0 Å². The molecule has 0 unspecified atom stereocenters. The summed E-state index contributed by atoms with van der Waals surface area (Å²) in [6.07, 6.45) is 6.29. The van der Waals surface area contributed by atoms with Crippen LogP contribution in [0.2, 0.25) is 0 Å². The van der Waals surface area contributed by atoms with Crippen LogP contribution < -0.4 is 0 Å². The van der Waals surface area contributed by atoms with Crippen LogP contribution in [0.3, 0.4) is 0 Å². The Labute approximate surface area is 92.6 Å². The van der Waals surface area contributed by atoms with E-state index in [4.69, 9.17) is 16.3 Å². The molecule has 1 rings (SSSR count). The lowest BCUT2D eigenvalue weighted by Gasteiger charge is -2.18. The van der Waals surface area contributed by atoms with Gasteiger partial charge in [-0.25, -0.2) is 0 Å². The summed E-state index contributed by atoms with van der Waals surface area (Å²) in [5.41, 5.74) is 0. The molecule has 1 heterocycles. The molecular formula is C11H22ClNO. The first-order chi connectivity index (χ1) is 6.93. The second-order valence-electron chi connectivity index (χ2n) is 3.91. The Morgan fingerprint density at radius 2 is 1.86 bits per heavy atom. The third-order valence-electron chi connectivity index (χ3n) is 2.67. The van der Waals surface area contributed by atoms with Crippen molar-refractivity contribution in [3.8, 4) is 0 Å². The molecule has 0 N–H and O–H groups in total. The molecule has 0 radical (unpaired) electrons. The number of rotatable bonds is 6. The van der Waals surface area contributed by atoms with Crippen LogP contribution in [-0.2, 0) is 4.74 Å². The maximum absolute atomic E-state index is 5.62. The Hall–Kier alpha value is 0.210.